The molecule has 0 aliphatic heterocycles. The number of nitrogens with one attached hydrogen (secondary N) is 1. The summed E-state index contributed by atoms with van der Waals surface area (Å²) < 4.78 is 0. The number of amides is 1. The van der Waals surface area contributed by atoms with Gasteiger partial charge in [-0.15, -0.1) is 0 Å². The Morgan fingerprint density at radius 1 is 1.64 bits per heavy atom. The first-order valence-corrected chi connectivity index (χ1v) is 5.30. The highest BCUT2D eigenvalue weighted by Crippen LogP contribution is 2.24. The topological polar surface area (TPSA) is 75.4 Å². The number of carbonyl (C=O) groups is 1. The second-order valence-corrected chi connectivity index (χ2v) is 4.24. The molecule has 3 atom stereocenters. The second-order valence-electron chi connectivity index (χ2n) is 4.24. The molecule has 0 heterocycles. The first kappa shape index (κ1) is 11.5. The van der Waals surface area contributed by atoms with Crippen LogP contribution in [-0.2, 0) is 4.79 Å². The van der Waals surface area contributed by atoms with Crippen LogP contribution < -0.4 is 11.1 Å². The number of hydrogen-bond donors (Lipinski definition) is 3. The van der Waals surface area contributed by atoms with Gasteiger partial charge in [0, 0.05) is 24.9 Å². The molecule has 82 valence electrons. The number of aliphatic hydroxyl groups excluding tert-OH is 1. The van der Waals surface area contributed by atoms with Crippen LogP contribution in [0.5, 0.6) is 0 Å². The van der Waals surface area contributed by atoms with E-state index in [2.05, 4.69) is 5.32 Å². The fourth-order valence-corrected chi connectivity index (χ4v) is 1.86. The highest BCUT2D eigenvalue weighted by atomic mass is 16.3. The van der Waals surface area contributed by atoms with Crippen LogP contribution in [0, 0.1) is 5.92 Å². The molecule has 4 heteroatoms. The Hall–Kier alpha value is -0.610. The van der Waals surface area contributed by atoms with E-state index in [-0.39, 0.29) is 24.0 Å². The van der Waals surface area contributed by atoms with Gasteiger partial charge in [0.1, 0.15) is 0 Å². The van der Waals surface area contributed by atoms with Gasteiger partial charge in [0.25, 0.3) is 0 Å². The molecule has 0 saturated heterocycles. The first-order valence-electron chi connectivity index (χ1n) is 5.30. The number of nitrogens with two attached hydrogens (primary N) is 1. The highest BCUT2D eigenvalue weighted by Gasteiger charge is 2.25. The molecule has 0 bridgehead atoms. The monoisotopic (exact) mass is 200 g/mol. The molecule has 0 aromatic carbocycles. The van der Waals surface area contributed by atoms with Crippen molar-refractivity contribution in [1.82, 2.24) is 5.32 Å². The van der Waals surface area contributed by atoms with E-state index in [0.29, 0.717) is 13.0 Å². The molecule has 0 aromatic rings. The van der Waals surface area contributed by atoms with Gasteiger partial charge in [0.15, 0.2) is 0 Å². The van der Waals surface area contributed by atoms with Crippen LogP contribution in [-0.4, -0.2) is 29.7 Å². The first-order chi connectivity index (χ1) is 6.59. The van der Waals surface area contributed by atoms with E-state index in [1.807, 2.05) is 6.92 Å². The van der Waals surface area contributed by atoms with E-state index in [9.17, 15) is 9.90 Å². The molecule has 1 fully saturated rings. The summed E-state index contributed by atoms with van der Waals surface area (Å²) in [5, 5.41) is 12.3. The lowest BCUT2D eigenvalue weighted by molar-refractivity contribution is -0.121. The molecular formula is C10H20N2O2. The van der Waals surface area contributed by atoms with Gasteiger partial charge in [-0.05, 0) is 19.8 Å². The molecule has 3 unspecified atom stereocenters. The molecule has 1 rings (SSSR count). The smallest absolute Gasteiger partial charge is 0.221 e. The number of rotatable bonds is 4. The average molecular weight is 200 g/mol. The lowest BCUT2D eigenvalue weighted by atomic mass is 10.1. The van der Waals surface area contributed by atoms with E-state index < -0.39 is 0 Å². The van der Waals surface area contributed by atoms with E-state index in [4.69, 9.17) is 5.73 Å². The third-order valence-corrected chi connectivity index (χ3v) is 2.69. The Labute approximate surface area is 84.9 Å². The van der Waals surface area contributed by atoms with Crippen LogP contribution in [0.3, 0.4) is 0 Å². The molecule has 1 saturated carbocycles. The van der Waals surface area contributed by atoms with Crippen molar-refractivity contribution in [2.24, 2.45) is 11.7 Å². The quantitative estimate of drug-likeness (QED) is 0.598. The van der Waals surface area contributed by atoms with Crippen molar-refractivity contribution < 1.29 is 9.90 Å². The number of carbonyl (C=O) groups excluding carboxylic acids is 1. The number of aliphatic hydroxyl groups is 1. The van der Waals surface area contributed by atoms with Crippen LogP contribution in [0.2, 0.25) is 0 Å². The SMILES string of the molecule is CC(N)CC(=O)NCC1CCCC1O. The second kappa shape index (κ2) is 5.32. The Bertz CT molecular complexity index is 195. The maximum absolute atomic E-state index is 11.2. The van der Waals surface area contributed by atoms with Crippen molar-refractivity contribution >= 4 is 5.91 Å². The predicted molar refractivity (Wildman–Crippen MR) is 54.6 cm³/mol. The van der Waals surface area contributed by atoms with Crippen molar-refractivity contribution in [3.63, 3.8) is 0 Å². The molecule has 1 aliphatic carbocycles. The fourth-order valence-electron chi connectivity index (χ4n) is 1.86. The fraction of sp³-hybridized carbons (Fsp3) is 0.900. The molecule has 1 amide bonds. The number of hydrogen-bond acceptors (Lipinski definition) is 3. The summed E-state index contributed by atoms with van der Waals surface area (Å²) >= 11 is 0. The Morgan fingerprint density at radius 2 is 2.36 bits per heavy atom. The lowest BCUT2D eigenvalue weighted by Crippen LogP contribution is -2.35. The van der Waals surface area contributed by atoms with Gasteiger partial charge in [-0.25, -0.2) is 0 Å². The highest BCUT2D eigenvalue weighted by molar-refractivity contribution is 5.76. The van der Waals surface area contributed by atoms with Crippen molar-refractivity contribution in [1.29, 1.82) is 0 Å². The summed E-state index contributed by atoms with van der Waals surface area (Å²) in [6, 6.07) is -0.0940. The third-order valence-electron chi connectivity index (χ3n) is 2.69. The Balaban J connectivity index is 2.16. The van der Waals surface area contributed by atoms with Gasteiger partial charge in [-0.3, -0.25) is 4.79 Å². The third kappa shape index (κ3) is 3.64. The van der Waals surface area contributed by atoms with Gasteiger partial charge < -0.3 is 16.2 Å². The van der Waals surface area contributed by atoms with Crippen LogP contribution in [0.1, 0.15) is 32.6 Å². The van der Waals surface area contributed by atoms with Crippen LogP contribution in [0.4, 0.5) is 0 Å². The minimum atomic E-state index is -0.231. The summed E-state index contributed by atoms with van der Waals surface area (Å²) in [4.78, 5) is 11.2. The van der Waals surface area contributed by atoms with Crippen LogP contribution in [0.25, 0.3) is 0 Å². The standard InChI is InChI=1S/C10H20N2O2/c1-7(11)5-10(14)12-6-8-3-2-4-9(8)13/h7-9,13H,2-6,11H2,1H3,(H,12,14). The van der Waals surface area contributed by atoms with Crippen molar-refractivity contribution in [3.05, 3.63) is 0 Å². The molecule has 0 radical (unpaired) electrons. The summed E-state index contributed by atoms with van der Waals surface area (Å²) in [5.41, 5.74) is 5.49. The molecule has 1 aliphatic rings. The molecular weight excluding hydrogens is 180 g/mol. The normalized spacial score (nSPS) is 28.8. The predicted octanol–water partition coefficient (Wildman–Crippen LogP) is 0.000900. The minimum Gasteiger partial charge on any atom is -0.393 e. The van der Waals surface area contributed by atoms with Crippen LogP contribution >= 0.6 is 0 Å². The van der Waals surface area contributed by atoms with Crippen LogP contribution in [0.15, 0.2) is 0 Å². The van der Waals surface area contributed by atoms with E-state index in [0.717, 1.165) is 19.3 Å². The largest absolute Gasteiger partial charge is 0.393 e. The zero-order valence-corrected chi connectivity index (χ0v) is 8.70. The zero-order valence-electron chi connectivity index (χ0n) is 8.70. The van der Waals surface area contributed by atoms with Gasteiger partial charge in [0.05, 0.1) is 6.10 Å². The van der Waals surface area contributed by atoms with Crippen molar-refractivity contribution in [3.8, 4) is 0 Å². The average Bonchev–Trinajstić information content (AvgIpc) is 2.46. The minimum absolute atomic E-state index is 0.0147. The van der Waals surface area contributed by atoms with Gasteiger partial charge in [-0.2, -0.15) is 0 Å². The zero-order chi connectivity index (χ0) is 10.6. The van der Waals surface area contributed by atoms with Gasteiger partial charge in [-0.1, -0.05) is 6.42 Å². The van der Waals surface area contributed by atoms with E-state index in [1.54, 1.807) is 0 Å². The molecule has 14 heavy (non-hydrogen) atoms. The summed E-state index contributed by atoms with van der Waals surface area (Å²) in [5.74, 6) is 0.228. The molecule has 0 spiro atoms. The maximum atomic E-state index is 11.2. The maximum Gasteiger partial charge on any atom is 0.221 e. The van der Waals surface area contributed by atoms with Crippen molar-refractivity contribution in [2.75, 3.05) is 6.54 Å². The summed E-state index contributed by atoms with van der Waals surface area (Å²) in [6.45, 7) is 2.40. The molecule has 4 nitrogen and oxygen atoms in total. The molecule has 4 N–H and O–H groups in total. The van der Waals surface area contributed by atoms with Gasteiger partial charge in [0.2, 0.25) is 5.91 Å². The van der Waals surface area contributed by atoms with Crippen molar-refractivity contribution in [2.45, 2.75) is 44.8 Å². The van der Waals surface area contributed by atoms with E-state index in [1.165, 1.54) is 0 Å². The van der Waals surface area contributed by atoms with E-state index >= 15 is 0 Å². The summed E-state index contributed by atoms with van der Waals surface area (Å²) in [7, 11) is 0. The Morgan fingerprint density at radius 3 is 2.86 bits per heavy atom. The van der Waals surface area contributed by atoms with Gasteiger partial charge >= 0.3 is 0 Å². The lowest BCUT2D eigenvalue weighted by Gasteiger charge is -2.15. The summed E-state index contributed by atoms with van der Waals surface area (Å²) in [6.07, 6.45) is 3.08. The Kier molecular flexibility index (Phi) is 4.35. The molecule has 0 aromatic heterocycles.